The van der Waals surface area contributed by atoms with Crippen molar-refractivity contribution in [3.8, 4) is 5.75 Å². The molecule has 0 spiro atoms. The molecule has 3 heteroatoms. The van der Waals surface area contributed by atoms with Gasteiger partial charge in [-0.2, -0.15) is 0 Å². The van der Waals surface area contributed by atoms with Crippen LogP contribution in [0.15, 0.2) is 29.3 Å². The fraction of sp³-hybridized carbons (Fsp3) is 0.462. The number of aliphatic imine (C=N–C) groups is 1. The molecular formula is C13H17NO2. The predicted molar refractivity (Wildman–Crippen MR) is 64.2 cm³/mol. The molecule has 1 atom stereocenters. The molecule has 1 aliphatic rings. The van der Waals surface area contributed by atoms with E-state index in [9.17, 15) is 5.11 Å². The first kappa shape index (κ1) is 11.1. The van der Waals surface area contributed by atoms with Gasteiger partial charge in [-0.05, 0) is 31.9 Å². The van der Waals surface area contributed by atoms with Crippen molar-refractivity contribution in [2.45, 2.75) is 25.9 Å². The van der Waals surface area contributed by atoms with Gasteiger partial charge in [-0.3, -0.25) is 4.99 Å². The number of hydrogen-bond acceptors (Lipinski definition) is 3. The second-order valence-corrected chi connectivity index (χ2v) is 4.08. The lowest BCUT2D eigenvalue weighted by atomic mass is 10.1. The monoisotopic (exact) mass is 219 g/mol. The quantitative estimate of drug-likeness (QED) is 0.793. The van der Waals surface area contributed by atoms with Crippen LogP contribution in [0, 0.1) is 0 Å². The molecule has 0 radical (unpaired) electrons. The summed E-state index contributed by atoms with van der Waals surface area (Å²) < 4.78 is 5.50. The van der Waals surface area contributed by atoms with Crippen LogP contribution in [0.3, 0.4) is 0 Å². The number of hydrogen-bond donors (Lipinski definition) is 1. The van der Waals surface area contributed by atoms with Crippen molar-refractivity contribution in [3.63, 3.8) is 0 Å². The third-order valence-electron chi connectivity index (χ3n) is 2.85. The summed E-state index contributed by atoms with van der Waals surface area (Å²) in [5.41, 5.74) is 1.68. The van der Waals surface area contributed by atoms with E-state index in [2.05, 4.69) is 4.99 Å². The molecule has 0 bridgehead atoms. The number of phenolic OH excluding ortho intramolecular Hbond substituents is 1. The summed E-state index contributed by atoms with van der Waals surface area (Å²) in [6.45, 7) is 3.47. The Morgan fingerprint density at radius 2 is 2.31 bits per heavy atom. The first-order valence-corrected chi connectivity index (χ1v) is 5.68. The molecule has 1 aliphatic heterocycles. The lowest BCUT2D eigenvalue weighted by Gasteiger charge is -2.07. The molecule has 1 saturated heterocycles. The number of benzene rings is 1. The molecule has 3 nitrogen and oxygen atoms in total. The summed E-state index contributed by atoms with van der Waals surface area (Å²) in [7, 11) is 0. The molecule has 1 aromatic carbocycles. The maximum atomic E-state index is 9.66. The Morgan fingerprint density at radius 1 is 1.50 bits per heavy atom. The molecule has 1 N–H and O–H groups in total. The van der Waals surface area contributed by atoms with Gasteiger partial charge in [0, 0.05) is 17.9 Å². The summed E-state index contributed by atoms with van der Waals surface area (Å²) in [6.07, 6.45) is 2.49. The number of phenols is 1. The lowest BCUT2D eigenvalue weighted by Crippen LogP contribution is -2.10. The zero-order valence-electron chi connectivity index (χ0n) is 9.52. The minimum Gasteiger partial charge on any atom is -0.507 e. The fourth-order valence-corrected chi connectivity index (χ4v) is 1.89. The average molecular weight is 219 g/mol. The maximum Gasteiger partial charge on any atom is 0.124 e. The van der Waals surface area contributed by atoms with Gasteiger partial charge in [-0.15, -0.1) is 0 Å². The van der Waals surface area contributed by atoms with Crippen molar-refractivity contribution in [2.24, 2.45) is 4.99 Å². The normalized spacial score (nSPS) is 21.3. The predicted octanol–water partition coefficient (Wildman–Crippen LogP) is 2.38. The van der Waals surface area contributed by atoms with Crippen LogP contribution in [-0.2, 0) is 4.74 Å². The van der Waals surface area contributed by atoms with Crippen molar-refractivity contribution in [2.75, 3.05) is 13.2 Å². The molecular weight excluding hydrogens is 202 g/mol. The molecule has 0 aromatic heterocycles. The van der Waals surface area contributed by atoms with Crippen LogP contribution in [-0.4, -0.2) is 30.1 Å². The molecule has 0 amide bonds. The molecule has 0 aliphatic carbocycles. The van der Waals surface area contributed by atoms with Crippen molar-refractivity contribution in [1.29, 1.82) is 0 Å². The van der Waals surface area contributed by atoms with E-state index in [1.54, 1.807) is 6.07 Å². The third-order valence-corrected chi connectivity index (χ3v) is 2.85. The Labute approximate surface area is 95.8 Å². The highest BCUT2D eigenvalue weighted by Gasteiger charge is 2.14. The molecule has 2 rings (SSSR count). The van der Waals surface area contributed by atoms with Gasteiger partial charge in [0.25, 0.3) is 0 Å². The number of ether oxygens (including phenoxy) is 1. The Balaban J connectivity index is 2.03. The Kier molecular flexibility index (Phi) is 3.57. The Bertz CT molecular complexity index is 381. The SMILES string of the molecule is CC(=NCC1CCCO1)c1ccccc1O. The minimum atomic E-state index is 0.265. The van der Waals surface area contributed by atoms with Gasteiger partial charge in [-0.25, -0.2) is 0 Å². The minimum absolute atomic E-state index is 0.265. The van der Waals surface area contributed by atoms with Crippen LogP contribution in [0.25, 0.3) is 0 Å². The van der Waals surface area contributed by atoms with E-state index in [0.29, 0.717) is 6.54 Å². The van der Waals surface area contributed by atoms with Crippen LogP contribution >= 0.6 is 0 Å². The van der Waals surface area contributed by atoms with Crippen LogP contribution in [0.1, 0.15) is 25.3 Å². The summed E-state index contributed by atoms with van der Waals surface area (Å²) in [5, 5.41) is 9.66. The van der Waals surface area contributed by atoms with Gasteiger partial charge in [0.1, 0.15) is 5.75 Å². The second kappa shape index (κ2) is 5.12. The fourth-order valence-electron chi connectivity index (χ4n) is 1.89. The first-order valence-electron chi connectivity index (χ1n) is 5.68. The summed E-state index contributed by atoms with van der Waals surface area (Å²) in [6, 6.07) is 7.27. The zero-order valence-corrected chi connectivity index (χ0v) is 9.52. The van der Waals surface area contributed by atoms with Gasteiger partial charge in [0.15, 0.2) is 0 Å². The summed E-state index contributed by atoms with van der Waals surface area (Å²) in [4.78, 5) is 4.47. The second-order valence-electron chi connectivity index (χ2n) is 4.08. The van der Waals surface area contributed by atoms with Crippen LogP contribution in [0.2, 0.25) is 0 Å². The van der Waals surface area contributed by atoms with E-state index in [1.807, 2.05) is 25.1 Å². The van der Waals surface area contributed by atoms with Gasteiger partial charge >= 0.3 is 0 Å². The van der Waals surface area contributed by atoms with E-state index in [4.69, 9.17) is 4.74 Å². The van der Waals surface area contributed by atoms with Crippen LogP contribution in [0.5, 0.6) is 5.75 Å². The molecule has 1 heterocycles. The summed E-state index contributed by atoms with van der Waals surface area (Å²) >= 11 is 0. The largest absolute Gasteiger partial charge is 0.507 e. The number of nitrogens with zero attached hydrogens (tertiary/aromatic N) is 1. The van der Waals surface area contributed by atoms with Gasteiger partial charge in [0.05, 0.1) is 12.6 Å². The van der Waals surface area contributed by atoms with Crippen molar-refractivity contribution >= 4 is 5.71 Å². The molecule has 86 valence electrons. The van der Waals surface area contributed by atoms with Gasteiger partial charge in [-0.1, -0.05) is 12.1 Å². The highest BCUT2D eigenvalue weighted by atomic mass is 16.5. The van der Waals surface area contributed by atoms with Crippen LogP contribution in [0.4, 0.5) is 0 Å². The molecule has 1 unspecified atom stereocenters. The third kappa shape index (κ3) is 2.61. The van der Waals surface area contributed by atoms with Crippen LogP contribution < -0.4 is 0 Å². The number of para-hydroxylation sites is 1. The number of rotatable bonds is 3. The van der Waals surface area contributed by atoms with Crippen molar-refractivity contribution < 1.29 is 9.84 Å². The molecule has 0 saturated carbocycles. The van der Waals surface area contributed by atoms with Gasteiger partial charge < -0.3 is 9.84 Å². The van der Waals surface area contributed by atoms with E-state index in [1.165, 1.54) is 0 Å². The number of aromatic hydroxyl groups is 1. The molecule has 16 heavy (non-hydrogen) atoms. The standard InChI is InChI=1S/C13H17NO2/c1-10(12-6-2-3-7-13(12)15)14-9-11-5-4-8-16-11/h2-3,6-7,11,15H,4-5,8-9H2,1H3. The lowest BCUT2D eigenvalue weighted by molar-refractivity contribution is 0.118. The molecule has 1 fully saturated rings. The topological polar surface area (TPSA) is 41.8 Å². The Morgan fingerprint density at radius 3 is 3.00 bits per heavy atom. The van der Waals surface area contributed by atoms with E-state index in [0.717, 1.165) is 30.7 Å². The first-order chi connectivity index (χ1) is 7.77. The van der Waals surface area contributed by atoms with E-state index >= 15 is 0 Å². The van der Waals surface area contributed by atoms with E-state index < -0.39 is 0 Å². The highest BCUT2D eigenvalue weighted by Crippen LogP contribution is 2.17. The maximum absolute atomic E-state index is 9.66. The van der Waals surface area contributed by atoms with Gasteiger partial charge in [0.2, 0.25) is 0 Å². The van der Waals surface area contributed by atoms with E-state index in [-0.39, 0.29) is 11.9 Å². The smallest absolute Gasteiger partial charge is 0.124 e. The average Bonchev–Trinajstić information content (AvgIpc) is 2.79. The zero-order chi connectivity index (χ0) is 11.4. The summed E-state index contributed by atoms with van der Waals surface area (Å²) in [5.74, 6) is 0.288. The highest BCUT2D eigenvalue weighted by molar-refractivity contribution is 6.00. The Hall–Kier alpha value is -1.35. The molecule has 1 aromatic rings. The van der Waals surface area contributed by atoms with Crippen molar-refractivity contribution in [3.05, 3.63) is 29.8 Å². The van der Waals surface area contributed by atoms with Crippen molar-refractivity contribution in [1.82, 2.24) is 0 Å².